The van der Waals surface area contributed by atoms with Crippen molar-refractivity contribution >= 4 is 5.69 Å². The van der Waals surface area contributed by atoms with Gasteiger partial charge in [0.25, 0.3) is 5.56 Å². The first kappa shape index (κ1) is 18.1. The van der Waals surface area contributed by atoms with Gasteiger partial charge >= 0.3 is 0 Å². The van der Waals surface area contributed by atoms with Crippen LogP contribution in [0.4, 0.5) is 5.69 Å². The van der Waals surface area contributed by atoms with Crippen LogP contribution in [0.5, 0.6) is 5.75 Å². The number of hydrogen-bond acceptors (Lipinski definition) is 5. The molecule has 2 aliphatic heterocycles. The number of pyridine rings is 1. The van der Waals surface area contributed by atoms with Crippen LogP contribution in [-0.2, 0) is 6.54 Å². The standard InChI is InChI=1S/C21H27N3O3/c1-27-20-7-3-2-5-18(20)22-10-17(25)14-23-11-15-9-16(13-23)19-6-4-8-21(26)24(19)12-15/h2-8,15-17,22,25H,9-14H2,1H3/t15-,16+,17-/m0/s1. The maximum Gasteiger partial charge on any atom is 0.250 e. The van der Waals surface area contributed by atoms with E-state index in [1.165, 1.54) is 0 Å². The Morgan fingerprint density at radius 3 is 2.89 bits per heavy atom. The number of benzene rings is 1. The SMILES string of the molecule is COc1ccccc1NC[C@H](O)CN1C[C@@H]2C[C@H](C1)c1cccc(=O)n1C2. The molecule has 1 aromatic carbocycles. The Balaban J connectivity index is 1.36. The summed E-state index contributed by atoms with van der Waals surface area (Å²) in [4.78, 5) is 14.5. The summed E-state index contributed by atoms with van der Waals surface area (Å²) >= 11 is 0. The molecule has 1 saturated heterocycles. The van der Waals surface area contributed by atoms with Crippen LogP contribution >= 0.6 is 0 Å². The molecule has 0 spiro atoms. The van der Waals surface area contributed by atoms with Gasteiger partial charge in [0.15, 0.2) is 0 Å². The fourth-order valence-electron chi connectivity index (χ4n) is 4.53. The highest BCUT2D eigenvalue weighted by Gasteiger charge is 2.34. The average Bonchev–Trinajstić information content (AvgIpc) is 2.67. The maximum atomic E-state index is 12.1. The lowest BCUT2D eigenvalue weighted by molar-refractivity contribution is 0.0676. The van der Waals surface area contributed by atoms with Gasteiger partial charge in [0.1, 0.15) is 5.75 Å². The van der Waals surface area contributed by atoms with Gasteiger partial charge in [-0.2, -0.15) is 0 Å². The van der Waals surface area contributed by atoms with E-state index in [-0.39, 0.29) is 5.56 Å². The maximum absolute atomic E-state index is 12.1. The van der Waals surface area contributed by atoms with Gasteiger partial charge in [-0.25, -0.2) is 0 Å². The van der Waals surface area contributed by atoms with Gasteiger partial charge in [0.2, 0.25) is 0 Å². The van der Waals surface area contributed by atoms with Crippen molar-refractivity contribution in [1.29, 1.82) is 0 Å². The molecule has 0 saturated carbocycles. The second-order valence-corrected chi connectivity index (χ2v) is 7.65. The van der Waals surface area contributed by atoms with E-state index in [9.17, 15) is 9.90 Å². The minimum atomic E-state index is -0.466. The van der Waals surface area contributed by atoms with Gasteiger partial charge in [-0.15, -0.1) is 0 Å². The first-order valence-electron chi connectivity index (χ1n) is 9.61. The van der Waals surface area contributed by atoms with Crippen molar-refractivity contribution in [3.05, 3.63) is 58.5 Å². The number of hydrogen-bond donors (Lipinski definition) is 2. The van der Waals surface area contributed by atoms with Crippen LogP contribution in [0, 0.1) is 5.92 Å². The van der Waals surface area contributed by atoms with E-state index in [1.54, 1.807) is 13.2 Å². The number of nitrogens with one attached hydrogen (secondary N) is 1. The van der Waals surface area contributed by atoms with Crippen LogP contribution in [0.2, 0.25) is 0 Å². The monoisotopic (exact) mass is 369 g/mol. The molecule has 6 heteroatoms. The summed E-state index contributed by atoms with van der Waals surface area (Å²) in [6.07, 6.45) is 0.668. The summed E-state index contributed by atoms with van der Waals surface area (Å²) in [6, 6.07) is 13.3. The number of para-hydroxylation sites is 2. The molecule has 2 N–H and O–H groups in total. The van der Waals surface area contributed by atoms with Crippen LogP contribution in [0.25, 0.3) is 0 Å². The van der Waals surface area contributed by atoms with Crippen molar-refractivity contribution in [1.82, 2.24) is 9.47 Å². The summed E-state index contributed by atoms with van der Waals surface area (Å²) in [6.45, 7) is 3.72. The van der Waals surface area contributed by atoms with E-state index in [1.807, 2.05) is 34.9 Å². The van der Waals surface area contributed by atoms with Crippen LogP contribution in [0.3, 0.4) is 0 Å². The molecule has 1 aromatic heterocycles. The third kappa shape index (κ3) is 3.87. The number of likely N-dealkylation sites (tertiary alicyclic amines) is 1. The molecular weight excluding hydrogens is 342 g/mol. The molecule has 2 aromatic rings. The Bertz CT molecular complexity index is 851. The Labute approximate surface area is 159 Å². The number of rotatable bonds is 6. The minimum Gasteiger partial charge on any atom is -0.495 e. The number of aromatic nitrogens is 1. The van der Waals surface area contributed by atoms with E-state index >= 15 is 0 Å². The molecule has 3 heterocycles. The molecule has 0 radical (unpaired) electrons. The lowest BCUT2D eigenvalue weighted by Gasteiger charge is -2.43. The van der Waals surface area contributed by atoms with Gasteiger partial charge in [0, 0.05) is 50.4 Å². The molecule has 2 bridgehead atoms. The summed E-state index contributed by atoms with van der Waals surface area (Å²) in [7, 11) is 1.65. The predicted octanol–water partition coefficient (Wildman–Crippen LogP) is 1.75. The van der Waals surface area contributed by atoms with Crippen LogP contribution in [0.1, 0.15) is 18.0 Å². The molecule has 3 atom stereocenters. The summed E-state index contributed by atoms with van der Waals surface area (Å²) in [5.41, 5.74) is 2.14. The van der Waals surface area contributed by atoms with Gasteiger partial charge in [-0.1, -0.05) is 18.2 Å². The molecule has 27 heavy (non-hydrogen) atoms. The average molecular weight is 369 g/mol. The van der Waals surface area contributed by atoms with Crippen molar-refractivity contribution < 1.29 is 9.84 Å². The topological polar surface area (TPSA) is 66.7 Å². The Hall–Kier alpha value is -2.31. The Morgan fingerprint density at radius 2 is 2.04 bits per heavy atom. The van der Waals surface area contributed by atoms with Gasteiger partial charge < -0.3 is 19.7 Å². The normalized spacial score (nSPS) is 22.7. The molecule has 0 amide bonds. The van der Waals surface area contributed by atoms with E-state index in [4.69, 9.17) is 4.74 Å². The molecule has 4 rings (SSSR count). The fraction of sp³-hybridized carbons (Fsp3) is 0.476. The smallest absolute Gasteiger partial charge is 0.250 e. The Kier molecular flexibility index (Phi) is 5.18. The van der Waals surface area contributed by atoms with Crippen molar-refractivity contribution in [2.75, 3.05) is 38.6 Å². The number of piperidine rings is 1. The zero-order chi connectivity index (χ0) is 18.8. The number of aliphatic hydroxyl groups is 1. The van der Waals surface area contributed by atoms with Crippen molar-refractivity contribution in [2.24, 2.45) is 5.92 Å². The second kappa shape index (κ2) is 7.74. The zero-order valence-electron chi connectivity index (χ0n) is 15.7. The van der Waals surface area contributed by atoms with Crippen LogP contribution < -0.4 is 15.6 Å². The van der Waals surface area contributed by atoms with Crippen molar-refractivity contribution in [2.45, 2.75) is 25.0 Å². The number of anilines is 1. The molecule has 0 unspecified atom stereocenters. The molecule has 2 aliphatic rings. The fourth-order valence-corrected chi connectivity index (χ4v) is 4.53. The largest absolute Gasteiger partial charge is 0.495 e. The summed E-state index contributed by atoms with van der Waals surface area (Å²) < 4.78 is 7.28. The number of nitrogens with zero attached hydrogens (tertiary/aromatic N) is 2. The van der Waals surface area contributed by atoms with Crippen LogP contribution in [0.15, 0.2) is 47.3 Å². The zero-order valence-corrected chi connectivity index (χ0v) is 15.7. The van der Waals surface area contributed by atoms with E-state index in [0.717, 1.165) is 43.2 Å². The third-order valence-electron chi connectivity index (χ3n) is 5.66. The first-order chi connectivity index (χ1) is 13.1. The van der Waals surface area contributed by atoms with Crippen LogP contribution in [-0.4, -0.2) is 54.0 Å². The quantitative estimate of drug-likeness (QED) is 0.812. The van der Waals surface area contributed by atoms with Gasteiger partial charge in [-0.05, 0) is 30.5 Å². The number of ether oxygens (including phenoxy) is 1. The highest BCUT2D eigenvalue weighted by Crippen LogP contribution is 2.34. The second-order valence-electron chi connectivity index (χ2n) is 7.65. The van der Waals surface area contributed by atoms with Gasteiger partial charge in [-0.3, -0.25) is 9.69 Å². The Morgan fingerprint density at radius 1 is 1.19 bits per heavy atom. The molecule has 0 aliphatic carbocycles. The summed E-state index contributed by atoms with van der Waals surface area (Å²) in [5.74, 6) is 1.63. The van der Waals surface area contributed by atoms with Crippen molar-refractivity contribution in [3.8, 4) is 5.75 Å². The molecular formula is C21H27N3O3. The number of methoxy groups -OCH3 is 1. The lowest BCUT2D eigenvalue weighted by atomic mass is 9.83. The number of aliphatic hydroxyl groups excluding tert-OH is 1. The van der Waals surface area contributed by atoms with E-state index in [0.29, 0.717) is 24.9 Å². The molecule has 144 valence electrons. The van der Waals surface area contributed by atoms with E-state index < -0.39 is 6.10 Å². The van der Waals surface area contributed by atoms with Gasteiger partial charge in [0.05, 0.1) is 18.9 Å². The third-order valence-corrected chi connectivity index (χ3v) is 5.66. The number of fused-ring (bicyclic) bond motifs is 4. The highest BCUT2D eigenvalue weighted by atomic mass is 16.5. The molecule has 6 nitrogen and oxygen atoms in total. The van der Waals surface area contributed by atoms with E-state index in [2.05, 4.69) is 16.3 Å². The number of β-amino-alcohol motifs (C(OH)–C–C–N with tert-alkyl or cyclic N) is 1. The van der Waals surface area contributed by atoms with Crippen molar-refractivity contribution in [3.63, 3.8) is 0 Å². The lowest BCUT2D eigenvalue weighted by Crippen LogP contribution is -2.49. The minimum absolute atomic E-state index is 0.108. The molecule has 1 fully saturated rings. The first-order valence-corrected chi connectivity index (χ1v) is 9.61. The predicted molar refractivity (Wildman–Crippen MR) is 105 cm³/mol. The highest BCUT2D eigenvalue weighted by molar-refractivity contribution is 5.56. The summed E-state index contributed by atoms with van der Waals surface area (Å²) in [5, 5.41) is 13.8.